The van der Waals surface area contributed by atoms with Crippen LogP contribution in [0.5, 0.6) is 0 Å². The molecule has 0 saturated carbocycles. The molecule has 0 atom stereocenters. The average molecular weight is 418 g/mol. The van der Waals surface area contributed by atoms with Crippen LogP contribution in [0.2, 0.25) is 5.02 Å². The quantitative estimate of drug-likeness (QED) is 0.645. The van der Waals surface area contributed by atoms with Crippen molar-refractivity contribution in [3.8, 4) is 0 Å². The van der Waals surface area contributed by atoms with Crippen LogP contribution in [0.15, 0.2) is 35.3 Å². The first-order valence-corrected chi connectivity index (χ1v) is 10.5. The zero-order valence-corrected chi connectivity index (χ0v) is 17.5. The minimum atomic E-state index is -0.207. The van der Waals surface area contributed by atoms with E-state index in [9.17, 15) is 9.59 Å². The van der Waals surface area contributed by atoms with Gasteiger partial charge in [-0.25, -0.2) is 4.98 Å². The zero-order chi connectivity index (χ0) is 20.6. The lowest BCUT2D eigenvalue weighted by atomic mass is 10.1. The highest BCUT2D eigenvalue weighted by molar-refractivity contribution is 6.30. The van der Waals surface area contributed by atoms with Gasteiger partial charge in [-0.1, -0.05) is 23.7 Å². The normalized spacial score (nSPS) is 14.1. The Kier molecular flexibility index (Phi) is 7.66. The van der Waals surface area contributed by atoms with E-state index in [0.717, 1.165) is 37.2 Å². The number of amides is 1. The monoisotopic (exact) mass is 417 g/mol. The van der Waals surface area contributed by atoms with Crippen LogP contribution in [0, 0.1) is 6.92 Å². The predicted octanol–water partition coefficient (Wildman–Crippen LogP) is 2.42. The number of benzene rings is 1. The number of aryl methyl sites for hydroxylation is 1. The molecule has 0 aliphatic carbocycles. The first-order chi connectivity index (χ1) is 14.0. The Labute approximate surface area is 176 Å². The third-order valence-electron chi connectivity index (χ3n) is 5.10. The molecule has 7 nitrogen and oxygen atoms in total. The molecule has 0 radical (unpaired) electrons. The first-order valence-electron chi connectivity index (χ1n) is 10.1. The van der Waals surface area contributed by atoms with E-state index in [1.165, 1.54) is 6.42 Å². The summed E-state index contributed by atoms with van der Waals surface area (Å²) in [7, 11) is 0. The molecule has 2 heterocycles. The minimum Gasteiger partial charge on any atom is -0.356 e. The maximum atomic E-state index is 12.8. The third kappa shape index (κ3) is 6.05. The summed E-state index contributed by atoms with van der Waals surface area (Å²) in [5.41, 5.74) is 1.67. The Hall–Kier alpha value is -2.38. The van der Waals surface area contributed by atoms with Crippen LogP contribution in [0.4, 0.5) is 5.82 Å². The summed E-state index contributed by atoms with van der Waals surface area (Å²) >= 11 is 6.00. The van der Waals surface area contributed by atoms with Crippen molar-refractivity contribution < 1.29 is 4.79 Å². The molecule has 1 saturated heterocycles. The molecule has 8 heteroatoms. The van der Waals surface area contributed by atoms with Gasteiger partial charge in [0, 0.05) is 49.6 Å². The van der Waals surface area contributed by atoms with Gasteiger partial charge >= 0.3 is 0 Å². The lowest BCUT2D eigenvalue weighted by Crippen LogP contribution is -2.40. The summed E-state index contributed by atoms with van der Waals surface area (Å²) in [5, 5.41) is 6.96. The lowest BCUT2D eigenvalue weighted by molar-refractivity contribution is -0.130. The van der Waals surface area contributed by atoms with Gasteiger partial charge in [0.2, 0.25) is 5.91 Å². The number of hydrogen-bond acceptors (Lipinski definition) is 5. The van der Waals surface area contributed by atoms with E-state index < -0.39 is 0 Å². The van der Waals surface area contributed by atoms with Crippen molar-refractivity contribution in [3.05, 3.63) is 57.1 Å². The van der Waals surface area contributed by atoms with Crippen molar-refractivity contribution in [2.75, 3.05) is 31.5 Å². The molecule has 0 spiro atoms. The van der Waals surface area contributed by atoms with Crippen LogP contribution in [-0.2, 0) is 17.9 Å². The second-order valence-corrected chi connectivity index (χ2v) is 7.74. The van der Waals surface area contributed by atoms with Gasteiger partial charge in [0.15, 0.2) is 5.82 Å². The van der Waals surface area contributed by atoms with Crippen molar-refractivity contribution in [2.45, 2.75) is 39.3 Å². The number of nitrogens with one attached hydrogen (secondary N) is 2. The molecule has 2 aromatic rings. The van der Waals surface area contributed by atoms with Gasteiger partial charge in [0.05, 0.1) is 6.54 Å². The number of rotatable bonds is 8. The molecule has 0 unspecified atom stereocenters. The van der Waals surface area contributed by atoms with E-state index >= 15 is 0 Å². The van der Waals surface area contributed by atoms with Crippen LogP contribution >= 0.6 is 11.6 Å². The molecule has 1 aromatic carbocycles. The Morgan fingerprint density at radius 2 is 2.03 bits per heavy atom. The number of carbonyl (C=O) groups excluding carboxylic acids is 1. The van der Waals surface area contributed by atoms with E-state index in [1.807, 2.05) is 36.1 Å². The molecule has 2 N–H and O–H groups in total. The van der Waals surface area contributed by atoms with E-state index in [0.29, 0.717) is 24.7 Å². The smallest absolute Gasteiger partial charge is 0.293 e. The maximum absolute atomic E-state index is 12.8. The molecule has 0 bridgehead atoms. The Balaban J connectivity index is 1.54. The van der Waals surface area contributed by atoms with Crippen LogP contribution in [-0.4, -0.2) is 46.5 Å². The second-order valence-electron chi connectivity index (χ2n) is 7.31. The highest BCUT2D eigenvalue weighted by atomic mass is 35.5. The highest BCUT2D eigenvalue weighted by Gasteiger charge is 2.17. The van der Waals surface area contributed by atoms with Gasteiger partial charge in [-0.3, -0.25) is 9.59 Å². The highest BCUT2D eigenvalue weighted by Crippen LogP contribution is 2.10. The molecule has 1 aliphatic heterocycles. The summed E-state index contributed by atoms with van der Waals surface area (Å²) in [6.07, 6.45) is 4.92. The summed E-state index contributed by atoms with van der Waals surface area (Å²) in [6, 6.07) is 7.68. The third-order valence-corrected chi connectivity index (χ3v) is 5.34. The van der Waals surface area contributed by atoms with Gasteiger partial charge in [-0.2, -0.15) is 0 Å². The van der Waals surface area contributed by atoms with Crippen molar-refractivity contribution in [1.82, 2.24) is 19.8 Å². The van der Waals surface area contributed by atoms with Crippen LogP contribution in [0.1, 0.15) is 30.5 Å². The molecule has 3 rings (SSSR count). The number of likely N-dealkylation sites (tertiary alicyclic amines) is 1. The van der Waals surface area contributed by atoms with Crippen molar-refractivity contribution in [3.63, 3.8) is 0 Å². The number of carbonyl (C=O) groups is 1. The fourth-order valence-corrected chi connectivity index (χ4v) is 3.67. The lowest BCUT2D eigenvalue weighted by Gasteiger charge is -2.26. The fourth-order valence-electron chi connectivity index (χ4n) is 3.46. The number of hydrogen-bond donors (Lipinski definition) is 2. The standard InChI is InChI=1S/C21H28ClN5O2/c1-16-13-24-20(25-15-19(28)26-9-3-2-4-10-26)21(29)27(16)11-8-23-14-17-6-5-7-18(22)12-17/h5-7,12-13,23H,2-4,8-11,14-15H2,1H3,(H,24,25). The molecule has 1 fully saturated rings. The van der Waals surface area contributed by atoms with E-state index in [1.54, 1.807) is 10.8 Å². The van der Waals surface area contributed by atoms with Gasteiger partial charge in [-0.05, 0) is 43.9 Å². The number of aromatic nitrogens is 2. The Bertz CT molecular complexity index is 893. The van der Waals surface area contributed by atoms with Crippen molar-refractivity contribution in [1.29, 1.82) is 0 Å². The topological polar surface area (TPSA) is 79.3 Å². The first kappa shape index (κ1) is 21.3. The largest absolute Gasteiger partial charge is 0.356 e. The second kappa shape index (κ2) is 10.4. The van der Waals surface area contributed by atoms with Gasteiger partial charge < -0.3 is 20.1 Å². The Morgan fingerprint density at radius 3 is 2.79 bits per heavy atom. The minimum absolute atomic E-state index is 0.0150. The number of piperidine rings is 1. The van der Waals surface area contributed by atoms with Crippen LogP contribution in [0.25, 0.3) is 0 Å². The number of halogens is 1. The maximum Gasteiger partial charge on any atom is 0.293 e. The van der Waals surface area contributed by atoms with Gasteiger partial charge in [0.1, 0.15) is 0 Å². The molecule has 1 aliphatic rings. The Morgan fingerprint density at radius 1 is 1.24 bits per heavy atom. The molecular formula is C21H28ClN5O2. The zero-order valence-electron chi connectivity index (χ0n) is 16.8. The summed E-state index contributed by atoms with van der Waals surface area (Å²) in [5.74, 6) is 0.233. The molecular weight excluding hydrogens is 390 g/mol. The fraction of sp³-hybridized carbons (Fsp3) is 0.476. The van der Waals surface area contributed by atoms with Gasteiger partial charge in [0.25, 0.3) is 5.56 Å². The van der Waals surface area contributed by atoms with E-state index in [2.05, 4.69) is 15.6 Å². The predicted molar refractivity (Wildman–Crippen MR) is 115 cm³/mol. The van der Waals surface area contributed by atoms with E-state index in [4.69, 9.17) is 11.6 Å². The van der Waals surface area contributed by atoms with E-state index in [-0.39, 0.29) is 23.8 Å². The number of nitrogens with zero attached hydrogens (tertiary/aromatic N) is 3. The van der Waals surface area contributed by atoms with Crippen molar-refractivity contribution >= 4 is 23.3 Å². The average Bonchev–Trinajstić information content (AvgIpc) is 2.73. The van der Waals surface area contributed by atoms with Crippen LogP contribution in [0.3, 0.4) is 0 Å². The summed E-state index contributed by atoms with van der Waals surface area (Å²) in [4.78, 5) is 31.1. The molecule has 1 amide bonds. The summed E-state index contributed by atoms with van der Waals surface area (Å²) < 4.78 is 1.67. The van der Waals surface area contributed by atoms with Gasteiger partial charge in [-0.15, -0.1) is 0 Å². The molecule has 1 aromatic heterocycles. The summed E-state index contributed by atoms with van der Waals surface area (Å²) in [6.45, 7) is 5.36. The number of anilines is 1. The van der Waals surface area contributed by atoms with Crippen LogP contribution < -0.4 is 16.2 Å². The van der Waals surface area contributed by atoms with Crippen molar-refractivity contribution in [2.24, 2.45) is 0 Å². The molecule has 156 valence electrons. The molecule has 29 heavy (non-hydrogen) atoms. The SMILES string of the molecule is Cc1cnc(NCC(=O)N2CCCCC2)c(=O)n1CCNCc1cccc(Cl)c1.